The number of carbonyl (C=O) groups is 3. The van der Waals surface area contributed by atoms with E-state index in [2.05, 4.69) is 5.32 Å². The van der Waals surface area contributed by atoms with Crippen LogP contribution in [0.4, 0.5) is 0 Å². The highest BCUT2D eigenvalue weighted by molar-refractivity contribution is 7.14. The molecule has 0 saturated carbocycles. The quantitative estimate of drug-likeness (QED) is 0.682. The number of nitrogens with one attached hydrogen (secondary N) is 1. The number of rotatable bonds is 8. The van der Waals surface area contributed by atoms with Crippen molar-refractivity contribution in [3.8, 4) is 0 Å². The fraction of sp³-hybridized carbons (Fsp3) is 0.650. The molecule has 0 bridgehead atoms. The lowest BCUT2D eigenvalue weighted by Gasteiger charge is -2.16. The third kappa shape index (κ3) is 6.65. The number of amides is 1. The number of aryl methyl sites for hydroxylation is 2. The van der Waals surface area contributed by atoms with Crippen LogP contribution in [0.15, 0.2) is 6.07 Å². The number of hydrogen-bond acceptors (Lipinski definition) is 6. The standard InChI is InChI=1S/C20H29NO5S/c1-3-25-18(22)12-11-15(20(24)26-4-2)21-19(23)17-13-14-9-7-5-6-8-10-16(14)27-17/h13,15H,3-12H2,1-2H3,(H,21,23). The Morgan fingerprint density at radius 1 is 1.07 bits per heavy atom. The number of esters is 2. The molecule has 1 N–H and O–H groups in total. The van der Waals surface area contributed by atoms with Gasteiger partial charge in [0.05, 0.1) is 18.1 Å². The summed E-state index contributed by atoms with van der Waals surface area (Å²) in [5.74, 6) is -1.20. The Balaban J connectivity index is 2.04. The van der Waals surface area contributed by atoms with Crippen molar-refractivity contribution in [3.05, 3.63) is 21.4 Å². The van der Waals surface area contributed by atoms with E-state index in [1.165, 1.54) is 34.6 Å². The number of thiophene rings is 1. The van der Waals surface area contributed by atoms with Crippen LogP contribution in [0.5, 0.6) is 0 Å². The van der Waals surface area contributed by atoms with E-state index in [-0.39, 0.29) is 37.9 Å². The number of fused-ring (bicyclic) bond motifs is 1. The normalized spacial score (nSPS) is 15.0. The molecule has 27 heavy (non-hydrogen) atoms. The highest BCUT2D eigenvalue weighted by Crippen LogP contribution is 2.28. The minimum absolute atomic E-state index is 0.0541. The molecule has 1 aromatic rings. The second kappa shape index (κ2) is 11.1. The largest absolute Gasteiger partial charge is 0.466 e. The van der Waals surface area contributed by atoms with E-state index in [1.807, 2.05) is 6.07 Å². The van der Waals surface area contributed by atoms with Gasteiger partial charge in [-0.3, -0.25) is 9.59 Å². The second-order valence-electron chi connectivity index (χ2n) is 6.60. The second-order valence-corrected chi connectivity index (χ2v) is 7.73. The van der Waals surface area contributed by atoms with Crippen LogP contribution >= 0.6 is 11.3 Å². The minimum atomic E-state index is -0.855. The Hall–Kier alpha value is -1.89. The van der Waals surface area contributed by atoms with Crippen molar-refractivity contribution in [2.45, 2.75) is 71.3 Å². The molecule has 1 heterocycles. The van der Waals surface area contributed by atoms with E-state index >= 15 is 0 Å². The van der Waals surface area contributed by atoms with Gasteiger partial charge in [-0.05, 0) is 57.6 Å². The summed E-state index contributed by atoms with van der Waals surface area (Å²) in [6.45, 7) is 3.95. The molecule has 0 spiro atoms. The lowest BCUT2D eigenvalue weighted by molar-refractivity contribution is -0.146. The zero-order valence-electron chi connectivity index (χ0n) is 16.2. The molecular weight excluding hydrogens is 366 g/mol. The van der Waals surface area contributed by atoms with Crippen LogP contribution in [0.1, 0.15) is 72.5 Å². The monoisotopic (exact) mass is 395 g/mol. The predicted octanol–water partition coefficient (Wildman–Crippen LogP) is 3.41. The first-order valence-electron chi connectivity index (χ1n) is 9.79. The molecule has 150 valence electrons. The van der Waals surface area contributed by atoms with Crippen molar-refractivity contribution < 1.29 is 23.9 Å². The predicted molar refractivity (Wildman–Crippen MR) is 104 cm³/mol. The number of ether oxygens (including phenoxy) is 2. The highest BCUT2D eigenvalue weighted by atomic mass is 32.1. The molecule has 0 fully saturated rings. The molecule has 1 atom stereocenters. The maximum absolute atomic E-state index is 12.7. The fourth-order valence-corrected chi connectivity index (χ4v) is 4.33. The van der Waals surface area contributed by atoms with Crippen LogP contribution in [0, 0.1) is 0 Å². The molecule has 0 aliphatic heterocycles. The third-order valence-electron chi connectivity index (χ3n) is 4.54. The topological polar surface area (TPSA) is 81.7 Å². The Morgan fingerprint density at radius 3 is 2.48 bits per heavy atom. The van der Waals surface area contributed by atoms with Gasteiger partial charge in [-0.25, -0.2) is 4.79 Å². The van der Waals surface area contributed by atoms with Crippen molar-refractivity contribution in [1.29, 1.82) is 0 Å². The fourth-order valence-electron chi connectivity index (χ4n) is 3.17. The Morgan fingerprint density at radius 2 is 1.78 bits per heavy atom. The van der Waals surface area contributed by atoms with E-state index in [0.29, 0.717) is 4.88 Å². The molecular formula is C20H29NO5S. The first-order chi connectivity index (χ1) is 13.0. The van der Waals surface area contributed by atoms with E-state index in [4.69, 9.17) is 9.47 Å². The van der Waals surface area contributed by atoms with Crippen molar-refractivity contribution in [2.24, 2.45) is 0 Å². The lowest BCUT2D eigenvalue weighted by Crippen LogP contribution is -2.42. The van der Waals surface area contributed by atoms with Gasteiger partial charge in [0.2, 0.25) is 0 Å². The molecule has 6 nitrogen and oxygen atoms in total. The van der Waals surface area contributed by atoms with Crippen molar-refractivity contribution in [1.82, 2.24) is 5.32 Å². The van der Waals surface area contributed by atoms with Gasteiger partial charge in [0.25, 0.3) is 5.91 Å². The average molecular weight is 396 g/mol. The average Bonchev–Trinajstić information content (AvgIpc) is 3.01. The Labute approximate surface area is 164 Å². The van der Waals surface area contributed by atoms with Gasteiger partial charge < -0.3 is 14.8 Å². The van der Waals surface area contributed by atoms with Crippen LogP contribution in [0.3, 0.4) is 0 Å². The van der Waals surface area contributed by atoms with E-state index < -0.39 is 12.0 Å². The van der Waals surface area contributed by atoms with Gasteiger partial charge in [0.1, 0.15) is 6.04 Å². The van der Waals surface area contributed by atoms with Gasteiger partial charge in [-0.1, -0.05) is 12.8 Å². The van der Waals surface area contributed by atoms with Crippen LogP contribution in [-0.2, 0) is 31.9 Å². The van der Waals surface area contributed by atoms with Crippen molar-refractivity contribution >= 4 is 29.2 Å². The summed E-state index contributed by atoms with van der Waals surface area (Å²) >= 11 is 1.51. The maximum Gasteiger partial charge on any atom is 0.328 e. The summed E-state index contributed by atoms with van der Waals surface area (Å²) in [5, 5.41) is 2.74. The minimum Gasteiger partial charge on any atom is -0.466 e. The van der Waals surface area contributed by atoms with Gasteiger partial charge in [-0.15, -0.1) is 11.3 Å². The first kappa shape index (κ1) is 21.4. The van der Waals surface area contributed by atoms with E-state index in [1.54, 1.807) is 13.8 Å². The summed E-state index contributed by atoms with van der Waals surface area (Å²) < 4.78 is 9.94. The van der Waals surface area contributed by atoms with E-state index in [9.17, 15) is 14.4 Å². The van der Waals surface area contributed by atoms with Crippen molar-refractivity contribution in [2.75, 3.05) is 13.2 Å². The molecule has 2 rings (SSSR count). The molecule has 1 unspecified atom stereocenters. The SMILES string of the molecule is CCOC(=O)CCC(NC(=O)c1cc2c(s1)CCCCCC2)C(=O)OCC. The summed E-state index contributed by atoms with van der Waals surface area (Å²) in [7, 11) is 0. The number of hydrogen-bond donors (Lipinski definition) is 1. The molecule has 0 saturated heterocycles. The van der Waals surface area contributed by atoms with Crippen molar-refractivity contribution in [3.63, 3.8) is 0 Å². The first-order valence-corrected chi connectivity index (χ1v) is 10.6. The highest BCUT2D eigenvalue weighted by Gasteiger charge is 2.25. The smallest absolute Gasteiger partial charge is 0.328 e. The zero-order valence-corrected chi connectivity index (χ0v) is 17.0. The number of carbonyl (C=O) groups excluding carboxylic acids is 3. The van der Waals surface area contributed by atoms with Crippen LogP contribution in [0.25, 0.3) is 0 Å². The van der Waals surface area contributed by atoms with Crippen LogP contribution in [0.2, 0.25) is 0 Å². The van der Waals surface area contributed by atoms with Gasteiger partial charge in [0, 0.05) is 11.3 Å². The molecule has 1 aromatic heterocycles. The molecule has 0 radical (unpaired) electrons. The summed E-state index contributed by atoms with van der Waals surface area (Å²) in [6, 6.07) is 1.10. The summed E-state index contributed by atoms with van der Waals surface area (Å²) in [4.78, 5) is 38.4. The van der Waals surface area contributed by atoms with Crippen LogP contribution < -0.4 is 5.32 Å². The van der Waals surface area contributed by atoms with Gasteiger partial charge >= 0.3 is 11.9 Å². The Bertz CT molecular complexity index is 629. The third-order valence-corrected chi connectivity index (χ3v) is 5.78. The summed E-state index contributed by atoms with van der Waals surface area (Å²) in [5.41, 5.74) is 1.25. The molecule has 1 aliphatic rings. The molecule has 1 amide bonds. The van der Waals surface area contributed by atoms with Gasteiger partial charge in [-0.2, -0.15) is 0 Å². The summed E-state index contributed by atoms with van der Waals surface area (Å²) in [6.07, 6.45) is 7.00. The molecule has 0 aromatic carbocycles. The lowest BCUT2D eigenvalue weighted by atomic mass is 10.00. The van der Waals surface area contributed by atoms with Gasteiger partial charge in [0.15, 0.2) is 0 Å². The Kier molecular flexibility index (Phi) is 8.78. The van der Waals surface area contributed by atoms with Crippen LogP contribution in [-0.4, -0.2) is 37.1 Å². The maximum atomic E-state index is 12.7. The molecule has 7 heteroatoms. The zero-order chi connectivity index (χ0) is 19.6. The molecule has 1 aliphatic carbocycles. The van der Waals surface area contributed by atoms with E-state index in [0.717, 1.165) is 25.7 Å².